The second kappa shape index (κ2) is 7.86. The maximum absolute atomic E-state index is 13.3. The van der Waals surface area contributed by atoms with Gasteiger partial charge in [-0.05, 0) is 43.2 Å². The first-order chi connectivity index (χ1) is 12.6. The Kier molecular flexibility index (Phi) is 5.36. The van der Waals surface area contributed by atoms with Gasteiger partial charge in [0.25, 0.3) is 0 Å². The van der Waals surface area contributed by atoms with Gasteiger partial charge in [0, 0.05) is 12.2 Å². The smallest absolute Gasteiger partial charge is 0.322 e. The highest BCUT2D eigenvalue weighted by atomic mass is 19.1. The number of likely N-dealkylation sites (tertiary alicyclic amines) is 1. The number of amides is 3. The average molecular weight is 357 g/mol. The van der Waals surface area contributed by atoms with Crippen LogP contribution in [0.2, 0.25) is 0 Å². The van der Waals surface area contributed by atoms with Crippen LogP contribution in [0.25, 0.3) is 0 Å². The van der Waals surface area contributed by atoms with Crippen molar-refractivity contribution in [3.8, 4) is 5.75 Å². The number of halogens is 1. The third-order valence-corrected chi connectivity index (χ3v) is 4.26. The van der Waals surface area contributed by atoms with E-state index in [4.69, 9.17) is 4.74 Å². The normalized spacial score (nSPS) is 16.2. The fourth-order valence-electron chi connectivity index (χ4n) is 3.01. The van der Waals surface area contributed by atoms with Gasteiger partial charge in [-0.15, -0.1) is 0 Å². The lowest BCUT2D eigenvalue weighted by Crippen LogP contribution is -2.45. The number of para-hydroxylation sites is 2. The van der Waals surface area contributed by atoms with Crippen molar-refractivity contribution in [2.24, 2.45) is 0 Å². The van der Waals surface area contributed by atoms with Gasteiger partial charge in [-0.25, -0.2) is 9.18 Å². The number of carbonyl (C=O) groups is 2. The molecule has 1 aliphatic rings. The van der Waals surface area contributed by atoms with E-state index in [2.05, 4.69) is 10.6 Å². The Morgan fingerprint density at radius 2 is 1.96 bits per heavy atom. The van der Waals surface area contributed by atoms with E-state index >= 15 is 0 Å². The summed E-state index contributed by atoms with van der Waals surface area (Å²) < 4.78 is 18.5. The number of methoxy groups -OCH3 is 1. The minimum Gasteiger partial charge on any atom is -0.495 e. The Bertz CT molecular complexity index is 812. The van der Waals surface area contributed by atoms with Gasteiger partial charge in [0.05, 0.1) is 12.8 Å². The first-order valence-corrected chi connectivity index (χ1v) is 8.35. The van der Waals surface area contributed by atoms with Gasteiger partial charge >= 0.3 is 6.03 Å². The molecular formula is C19H20FN3O3. The zero-order chi connectivity index (χ0) is 18.5. The van der Waals surface area contributed by atoms with Crippen LogP contribution in [0.3, 0.4) is 0 Å². The molecule has 26 heavy (non-hydrogen) atoms. The van der Waals surface area contributed by atoms with Gasteiger partial charge in [0.15, 0.2) is 0 Å². The molecule has 1 heterocycles. The standard InChI is InChI=1S/C19H20FN3O3/c1-26-17-10-3-2-8-15(17)22-19(25)23-11-5-9-16(23)18(24)21-14-7-4-6-13(20)12-14/h2-4,6-8,10,12,16H,5,9,11H2,1H3,(H,21,24)(H,22,25)/t16-/m0/s1. The quantitative estimate of drug-likeness (QED) is 0.880. The fraction of sp³-hybridized carbons (Fsp3) is 0.263. The SMILES string of the molecule is COc1ccccc1NC(=O)N1CCC[C@H]1C(=O)Nc1cccc(F)c1. The summed E-state index contributed by atoms with van der Waals surface area (Å²) >= 11 is 0. The Hall–Kier alpha value is -3.09. The first-order valence-electron chi connectivity index (χ1n) is 8.35. The molecule has 1 atom stereocenters. The number of rotatable bonds is 4. The number of urea groups is 1. The Morgan fingerprint density at radius 3 is 2.73 bits per heavy atom. The molecule has 3 amide bonds. The van der Waals surface area contributed by atoms with Crippen LogP contribution in [0.5, 0.6) is 5.75 Å². The molecule has 1 saturated heterocycles. The maximum Gasteiger partial charge on any atom is 0.322 e. The van der Waals surface area contributed by atoms with Crippen molar-refractivity contribution in [3.05, 3.63) is 54.3 Å². The van der Waals surface area contributed by atoms with Gasteiger partial charge in [-0.2, -0.15) is 0 Å². The summed E-state index contributed by atoms with van der Waals surface area (Å²) in [6, 6.07) is 11.8. The van der Waals surface area contributed by atoms with Crippen LogP contribution in [-0.4, -0.2) is 36.5 Å². The van der Waals surface area contributed by atoms with E-state index in [1.54, 1.807) is 30.3 Å². The zero-order valence-electron chi connectivity index (χ0n) is 14.4. The number of hydrogen-bond acceptors (Lipinski definition) is 3. The zero-order valence-corrected chi connectivity index (χ0v) is 14.4. The summed E-state index contributed by atoms with van der Waals surface area (Å²) in [4.78, 5) is 26.6. The van der Waals surface area contributed by atoms with Crippen LogP contribution in [0, 0.1) is 5.82 Å². The average Bonchev–Trinajstić information content (AvgIpc) is 3.12. The maximum atomic E-state index is 13.3. The molecule has 0 aromatic heterocycles. The third kappa shape index (κ3) is 3.93. The lowest BCUT2D eigenvalue weighted by molar-refractivity contribution is -0.119. The molecule has 0 radical (unpaired) electrons. The van der Waals surface area contributed by atoms with E-state index in [9.17, 15) is 14.0 Å². The number of nitrogens with zero attached hydrogens (tertiary/aromatic N) is 1. The molecule has 6 nitrogen and oxygen atoms in total. The van der Waals surface area contributed by atoms with Crippen LogP contribution < -0.4 is 15.4 Å². The van der Waals surface area contributed by atoms with Crippen molar-refractivity contribution >= 4 is 23.3 Å². The predicted octanol–water partition coefficient (Wildman–Crippen LogP) is 3.47. The van der Waals surface area contributed by atoms with Crippen LogP contribution >= 0.6 is 0 Å². The highest BCUT2D eigenvalue weighted by Gasteiger charge is 2.34. The number of ether oxygens (including phenoxy) is 1. The van der Waals surface area contributed by atoms with E-state index in [0.29, 0.717) is 30.1 Å². The minimum absolute atomic E-state index is 0.330. The van der Waals surface area contributed by atoms with Crippen molar-refractivity contribution in [1.82, 2.24) is 4.90 Å². The molecule has 0 saturated carbocycles. The van der Waals surface area contributed by atoms with Crippen molar-refractivity contribution < 1.29 is 18.7 Å². The van der Waals surface area contributed by atoms with E-state index in [0.717, 1.165) is 6.42 Å². The van der Waals surface area contributed by atoms with Gasteiger partial charge in [-0.3, -0.25) is 4.79 Å². The molecular weight excluding hydrogens is 337 g/mol. The number of nitrogens with one attached hydrogen (secondary N) is 2. The second-order valence-electron chi connectivity index (χ2n) is 5.98. The summed E-state index contributed by atoms with van der Waals surface area (Å²) in [5.74, 6) is -0.218. The molecule has 0 spiro atoms. The third-order valence-electron chi connectivity index (χ3n) is 4.26. The van der Waals surface area contributed by atoms with Crippen LogP contribution in [0.1, 0.15) is 12.8 Å². The minimum atomic E-state index is -0.604. The van der Waals surface area contributed by atoms with Crippen molar-refractivity contribution in [2.45, 2.75) is 18.9 Å². The molecule has 3 rings (SSSR count). The Balaban J connectivity index is 1.69. The Labute approximate surface area is 150 Å². The largest absolute Gasteiger partial charge is 0.495 e. The molecule has 2 aromatic carbocycles. The summed E-state index contributed by atoms with van der Waals surface area (Å²) in [6.07, 6.45) is 1.28. The van der Waals surface area contributed by atoms with Gasteiger partial charge in [0.1, 0.15) is 17.6 Å². The summed E-state index contributed by atoms with van der Waals surface area (Å²) in [6.45, 7) is 0.474. The lowest BCUT2D eigenvalue weighted by Gasteiger charge is -2.24. The van der Waals surface area contributed by atoms with Gasteiger partial charge in [-0.1, -0.05) is 18.2 Å². The molecule has 2 aromatic rings. The number of benzene rings is 2. The summed E-state index contributed by atoms with van der Waals surface area (Å²) in [5.41, 5.74) is 0.906. The molecule has 1 aliphatic heterocycles. The van der Waals surface area contributed by atoms with E-state index in [1.165, 1.54) is 30.2 Å². The summed E-state index contributed by atoms with van der Waals surface area (Å²) in [5, 5.41) is 5.45. The lowest BCUT2D eigenvalue weighted by atomic mass is 10.2. The molecule has 7 heteroatoms. The molecule has 1 fully saturated rings. The van der Waals surface area contributed by atoms with Crippen LogP contribution in [0.4, 0.5) is 20.6 Å². The predicted molar refractivity (Wildman–Crippen MR) is 96.8 cm³/mol. The summed E-state index contributed by atoms with van der Waals surface area (Å²) in [7, 11) is 1.52. The fourth-order valence-corrected chi connectivity index (χ4v) is 3.01. The van der Waals surface area contributed by atoms with E-state index in [-0.39, 0.29) is 11.9 Å². The van der Waals surface area contributed by atoms with Crippen molar-refractivity contribution in [2.75, 3.05) is 24.3 Å². The molecule has 2 N–H and O–H groups in total. The van der Waals surface area contributed by atoms with Crippen LogP contribution in [0.15, 0.2) is 48.5 Å². The number of hydrogen-bond donors (Lipinski definition) is 2. The number of carbonyl (C=O) groups excluding carboxylic acids is 2. The molecule has 136 valence electrons. The van der Waals surface area contributed by atoms with Crippen molar-refractivity contribution in [1.29, 1.82) is 0 Å². The van der Waals surface area contributed by atoms with Gasteiger partial charge < -0.3 is 20.3 Å². The highest BCUT2D eigenvalue weighted by Crippen LogP contribution is 2.25. The number of anilines is 2. The highest BCUT2D eigenvalue weighted by molar-refractivity contribution is 6.00. The van der Waals surface area contributed by atoms with Crippen LogP contribution in [-0.2, 0) is 4.79 Å². The molecule has 0 aliphatic carbocycles. The second-order valence-corrected chi connectivity index (χ2v) is 5.98. The van der Waals surface area contributed by atoms with E-state index in [1.807, 2.05) is 0 Å². The molecule has 0 unspecified atom stereocenters. The van der Waals surface area contributed by atoms with E-state index < -0.39 is 11.9 Å². The first kappa shape index (κ1) is 17.7. The van der Waals surface area contributed by atoms with Gasteiger partial charge in [0.2, 0.25) is 5.91 Å². The Morgan fingerprint density at radius 1 is 1.15 bits per heavy atom. The monoisotopic (exact) mass is 357 g/mol. The van der Waals surface area contributed by atoms with Crippen molar-refractivity contribution in [3.63, 3.8) is 0 Å². The molecule has 0 bridgehead atoms. The topological polar surface area (TPSA) is 70.7 Å².